The maximum Gasteiger partial charge on any atom is 0.280 e. The van der Waals surface area contributed by atoms with Crippen molar-refractivity contribution in [1.82, 2.24) is 0 Å². The van der Waals surface area contributed by atoms with E-state index < -0.39 is 4.92 Å². The number of nitro benzene ring substituents is 1. The molecule has 2 aromatic carbocycles. The molecule has 3 rings (SSSR count). The number of nitrogens with one attached hydrogen (secondary N) is 1. The monoisotopic (exact) mass is 363 g/mol. The maximum absolute atomic E-state index is 11.3. The molecule has 136 valence electrons. The lowest BCUT2D eigenvalue weighted by Gasteiger charge is -2.01. The van der Waals surface area contributed by atoms with Crippen molar-refractivity contribution in [3.05, 3.63) is 76.0 Å². The second kappa shape index (κ2) is 7.65. The number of hydrogen-bond donors (Lipinski definition) is 1. The summed E-state index contributed by atoms with van der Waals surface area (Å²) in [6.07, 6.45) is 1.54. The fourth-order valence-electron chi connectivity index (χ4n) is 2.54. The Kier molecular flexibility index (Phi) is 5.12. The minimum Gasteiger partial charge on any atom is -0.455 e. The number of aryl methyl sites for hydroxylation is 1. The summed E-state index contributed by atoms with van der Waals surface area (Å²) in [5, 5.41) is 14.0. The van der Waals surface area contributed by atoms with Crippen LogP contribution >= 0.6 is 0 Å². The highest BCUT2D eigenvalue weighted by molar-refractivity contribution is 5.89. The molecule has 0 unspecified atom stereocenters. The third kappa shape index (κ3) is 4.46. The van der Waals surface area contributed by atoms with Gasteiger partial charge in [0.05, 0.1) is 22.4 Å². The Bertz CT molecular complexity index is 1020. The third-order valence-corrected chi connectivity index (χ3v) is 3.77. The minimum absolute atomic E-state index is 0.00130. The number of benzene rings is 2. The molecule has 0 aliphatic rings. The molecule has 0 saturated carbocycles. The number of carbonyl (C=O) groups is 1. The third-order valence-electron chi connectivity index (χ3n) is 3.77. The summed E-state index contributed by atoms with van der Waals surface area (Å²) < 4.78 is 5.69. The van der Waals surface area contributed by atoms with Gasteiger partial charge in [-0.15, -0.1) is 0 Å². The standard InChI is InChI=1S/C20H17N3O4/c1-13-3-9-18(19(11-13)23(25)26)20-10-8-17(27-20)12-21-15-4-6-16(7-5-15)22-14(2)24/h3-12H,1-2H3,(H,22,24). The van der Waals surface area contributed by atoms with E-state index in [2.05, 4.69) is 10.3 Å². The fraction of sp³-hybridized carbons (Fsp3) is 0.100. The van der Waals surface area contributed by atoms with E-state index in [-0.39, 0.29) is 11.6 Å². The van der Waals surface area contributed by atoms with E-state index in [1.807, 2.05) is 0 Å². The summed E-state index contributed by atoms with van der Waals surface area (Å²) in [7, 11) is 0. The van der Waals surface area contributed by atoms with Gasteiger partial charge < -0.3 is 9.73 Å². The summed E-state index contributed by atoms with van der Waals surface area (Å²) in [6.45, 7) is 3.24. The normalized spacial score (nSPS) is 10.9. The quantitative estimate of drug-likeness (QED) is 0.397. The molecule has 3 aromatic rings. The van der Waals surface area contributed by atoms with Gasteiger partial charge in [0.25, 0.3) is 5.69 Å². The largest absolute Gasteiger partial charge is 0.455 e. The molecule has 1 aromatic heterocycles. The van der Waals surface area contributed by atoms with Gasteiger partial charge in [-0.3, -0.25) is 19.9 Å². The summed E-state index contributed by atoms with van der Waals surface area (Å²) in [6, 6.07) is 15.4. The van der Waals surface area contributed by atoms with E-state index >= 15 is 0 Å². The Morgan fingerprint density at radius 3 is 2.56 bits per heavy atom. The van der Waals surface area contributed by atoms with E-state index in [1.165, 1.54) is 19.2 Å². The van der Waals surface area contributed by atoms with E-state index in [4.69, 9.17) is 4.42 Å². The molecule has 0 spiro atoms. The number of aliphatic imine (C=N–C) groups is 1. The van der Waals surface area contributed by atoms with Crippen LogP contribution in [0.15, 0.2) is 64.0 Å². The van der Waals surface area contributed by atoms with E-state index in [0.29, 0.717) is 28.5 Å². The molecule has 7 heteroatoms. The van der Waals surface area contributed by atoms with Gasteiger partial charge in [-0.25, -0.2) is 0 Å². The Labute approximate surface area is 155 Å². The van der Waals surface area contributed by atoms with Crippen molar-refractivity contribution in [3.8, 4) is 11.3 Å². The summed E-state index contributed by atoms with van der Waals surface area (Å²) in [5.74, 6) is 0.745. The molecule has 1 heterocycles. The average molecular weight is 363 g/mol. The summed E-state index contributed by atoms with van der Waals surface area (Å²) in [4.78, 5) is 26.2. The Morgan fingerprint density at radius 2 is 1.89 bits per heavy atom. The molecule has 27 heavy (non-hydrogen) atoms. The van der Waals surface area contributed by atoms with E-state index in [9.17, 15) is 14.9 Å². The number of anilines is 1. The molecule has 0 atom stereocenters. The van der Waals surface area contributed by atoms with Gasteiger partial charge in [0.15, 0.2) is 0 Å². The van der Waals surface area contributed by atoms with Gasteiger partial charge in [-0.2, -0.15) is 0 Å². The van der Waals surface area contributed by atoms with Gasteiger partial charge in [0.2, 0.25) is 5.91 Å². The zero-order chi connectivity index (χ0) is 19.4. The van der Waals surface area contributed by atoms with E-state index in [0.717, 1.165) is 5.56 Å². The summed E-state index contributed by atoms with van der Waals surface area (Å²) >= 11 is 0. The van der Waals surface area contributed by atoms with Crippen LogP contribution < -0.4 is 5.32 Å². The lowest BCUT2D eigenvalue weighted by atomic mass is 10.1. The van der Waals surface area contributed by atoms with Crippen molar-refractivity contribution >= 4 is 29.2 Å². The van der Waals surface area contributed by atoms with Crippen LogP contribution in [-0.2, 0) is 4.79 Å². The van der Waals surface area contributed by atoms with Gasteiger partial charge in [0, 0.05) is 18.7 Å². The highest BCUT2D eigenvalue weighted by Gasteiger charge is 2.18. The van der Waals surface area contributed by atoms with Crippen molar-refractivity contribution in [2.24, 2.45) is 4.99 Å². The van der Waals surface area contributed by atoms with Gasteiger partial charge in [-0.05, 0) is 55.0 Å². The van der Waals surface area contributed by atoms with Gasteiger partial charge in [0.1, 0.15) is 11.5 Å². The molecule has 0 radical (unpaired) electrons. The molecule has 0 saturated heterocycles. The SMILES string of the molecule is CC(=O)Nc1ccc(N=Cc2ccc(-c3ccc(C)cc3[N+](=O)[O-])o2)cc1. The number of nitrogens with zero attached hydrogens (tertiary/aromatic N) is 2. The highest BCUT2D eigenvalue weighted by Crippen LogP contribution is 2.31. The molecule has 0 aliphatic carbocycles. The zero-order valence-corrected chi connectivity index (χ0v) is 14.8. The van der Waals surface area contributed by atoms with E-state index in [1.54, 1.807) is 55.5 Å². The lowest BCUT2D eigenvalue weighted by molar-refractivity contribution is -0.384. The Balaban J connectivity index is 1.79. The van der Waals surface area contributed by atoms with Crippen LogP contribution in [0.3, 0.4) is 0 Å². The van der Waals surface area contributed by atoms with Crippen molar-refractivity contribution in [3.63, 3.8) is 0 Å². The molecule has 1 amide bonds. The number of rotatable bonds is 5. The molecule has 0 fully saturated rings. The van der Waals surface area contributed by atoms with Crippen LogP contribution in [0.5, 0.6) is 0 Å². The molecule has 0 aliphatic heterocycles. The number of nitro groups is 1. The first-order valence-electron chi connectivity index (χ1n) is 8.19. The van der Waals surface area contributed by atoms with Crippen LogP contribution in [0.1, 0.15) is 18.2 Å². The molecule has 7 nitrogen and oxygen atoms in total. The Morgan fingerprint density at radius 1 is 1.15 bits per heavy atom. The van der Waals surface area contributed by atoms with Crippen molar-refractivity contribution < 1.29 is 14.1 Å². The van der Waals surface area contributed by atoms with Crippen LogP contribution in [0.4, 0.5) is 17.1 Å². The predicted molar refractivity (Wildman–Crippen MR) is 104 cm³/mol. The van der Waals surface area contributed by atoms with Crippen LogP contribution in [0.2, 0.25) is 0 Å². The molecular weight excluding hydrogens is 346 g/mol. The molecule has 0 bridgehead atoms. The van der Waals surface area contributed by atoms with Crippen LogP contribution in [-0.4, -0.2) is 17.0 Å². The summed E-state index contributed by atoms with van der Waals surface area (Å²) in [5.41, 5.74) is 2.60. The van der Waals surface area contributed by atoms with Crippen LogP contribution in [0.25, 0.3) is 11.3 Å². The van der Waals surface area contributed by atoms with Crippen LogP contribution in [0, 0.1) is 17.0 Å². The van der Waals surface area contributed by atoms with Gasteiger partial charge in [-0.1, -0.05) is 6.07 Å². The van der Waals surface area contributed by atoms with Crippen molar-refractivity contribution in [2.45, 2.75) is 13.8 Å². The minimum atomic E-state index is -0.421. The smallest absolute Gasteiger partial charge is 0.280 e. The fourth-order valence-corrected chi connectivity index (χ4v) is 2.54. The first-order chi connectivity index (χ1) is 12.9. The topological polar surface area (TPSA) is 97.7 Å². The number of carbonyl (C=O) groups excluding carboxylic acids is 1. The second-order valence-electron chi connectivity index (χ2n) is 5.97. The number of furan rings is 1. The number of amides is 1. The maximum atomic E-state index is 11.3. The zero-order valence-electron chi connectivity index (χ0n) is 14.8. The lowest BCUT2D eigenvalue weighted by Crippen LogP contribution is -2.04. The van der Waals surface area contributed by atoms with Crippen molar-refractivity contribution in [1.29, 1.82) is 0 Å². The highest BCUT2D eigenvalue weighted by atomic mass is 16.6. The Hall–Kier alpha value is -3.74. The average Bonchev–Trinajstić information content (AvgIpc) is 3.09. The number of hydrogen-bond acceptors (Lipinski definition) is 5. The molecule has 1 N–H and O–H groups in total. The first kappa shape index (κ1) is 18.1. The second-order valence-corrected chi connectivity index (χ2v) is 5.97. The first-order valence-corrected chi connectivity index (χ1v) is 8.19. The van der Waals surface area contributed by atoms with Crippen molar-refractivity contribution in [2.75, 3.05) is 5.32 Å². The predicted octanol–water partition coefficient (Wildman–Crippen LogP) is 4.87. The van der Waals surface area contributed by atoms with Gasteiger partial charge >= 0.3 is 0 Å². The molecular formula is C20H17N3O4.